The van der Waals surface area contributed by atoms with Crippen molar-refractivity contribution in [2.75, 3.05) is 13.1 Å². The standard InChI is InChI=1S/2C3H7N2O.Pd/c2*4-2-1-3(5)6;/h2*4H,1-2H2,(H2,5,6);/q2*-1;/p-2. The van der Waals surface area contributed by atoms with E-state index in [1.54, 1.807) is 0 Å². The molecule has 0 rings (SSSR count). The van der Waals surface area contributed by atoms with Gasteiger partial charge in [0, 0.05) is 32.2 Å². The Morgan fingerprint density at radius 1 is 0.846 bits per heavy atom. The van der Waals surface area contributed by atoms with Crippen LogP contribution in [0.15, 0.2) is 0 Å². The van der Waals surface area contributed by atoms with Gasteiger partial charge in [-0.05, 0) is 12.8 Å². The van der Waals surface area contributed by atoms with Gasteiger partial charge in [-0.15, -0.1) is 13.1 Å². The smallest absolute Gasteiger partial charge is 0.0470 e. The molecule has 7 heteroatoms. The summed E-state index contributed by atoms with van der Waals surface area (Å²) in [5.41, 5.74) is 25.2. The molecule has 0 fully saturated rings. The molecule has 0 aliphatic heterocycles. The van der Waals surface area contributed by atoms with Gasteiger partial charge in [-0.3, -0.25) is 0 Å². The largest absolute Gasteiger partial charge is 0.677 e. The second-order valence-corrected chi connectivity index (χ2v) is 1.85. The topological polar surface area (TPSA) is 129 Å². The summed E-state index contributed by atoms with van der Waals surface area (Å²) < 4.78 is 0. The van der Waals surface area contributed by atoms with Gasteiger partial charge in [0.25, 0.3) is 0 Å². The molecular formula is C6H12N4O2Pd-4. The maximum atomic E-state index is 9.59. The maximum Gasteiger partial charge on any atom is 0.0470 e. The first-order valence-electron chi connectivity index (χ1n) is 3.32. The van der Waals surface area contributed by atoms with E-state index < -0.39 is 11.8 Å². The molecule has 0 atom stereocenters. The quantitative estimate of drug-likeness (QED) is 0.728. The van der Waals surface area contributed by atoms with Crippen LogP contribution in [0.5, 0.6) is 0 Å². The number of carbonyl (C=O) groups is 2. The molecular weight excluding hydrogens is 267 g/mol. The van der Waals surface area contributed by atoms with Gasteiger partial charge < -0.3 is 32.5 Å². The van der Waals surface area contributed by atoms with Crippen LogP contribution in [-0.2, 0) is 30.0 Å². The van der Waals surface area contributed by atoms with E-state index in [4.69, 9.17) is 22.9 Å². The van der Waals surface area contributed by atoms with E-state index in [9.17, 15) is 9.59 Å². The van der Waals surface area contributed by atoms with E-state index in [0.29, 0.717) is 0 Å². The predicted octanol–water partition coefficient (Wildman–Crippen LogP) is 2.01. The molecule has 0 heterocycles. The van der Waals surface area contributed by atoms with E-state index in [0.717, 1.165) is 0 Å². The molecule has 0 unspecified atom stereocenters. The van der Waals surface area contributed by atoms with Gasteiger partial charge in [0.1, 0.15) is 0 Å². The third kappa shape index (κ3) is 34.3. The first kappa shape index (κ1) is 18.3. The molecule has 0 aliphatic rings. The van der Waals surface area contributed by atoms with Crippen LogP contribution in [-0.4, -0.2) is 24.9 Å². The van der Waals surface area contributed by atoms with Gasteiger partial charge in [-0.2, -0.15) is 0 Å². The Hall–Kier alpha value is -0.478. The molecule has 6 nitrogen and oxygen atoms in total. The van der Waals surface area contributed by atoms with Gasteiger partial charge in [0.05, 0.1) is 0 Å². The summed E-state index contributed by atoms with van der Waals surface area (Å²) in [4.78, 5) is 19.2. The summed E-state index contributed by atoms with van der Waals surface area (Å²) in [6.45, 7) is 0.0880. The molecule has 0 aromatic heterocycles. The van der Waals surface area contributed by atoms with Crippen LogP contribution in [0.25, 0.3) is 22.9 Å². The van der Waals surface area contributed by atoms with Crippen molar-refractivity contribution in [3.05, 3.63) is 22.9 Å². The monoisotopic (exact) mass is 278 g/mol. The zero-order valence-corrected chi connectivity index (χ0v) is 8.52. The number of hydrogen-bond donors (Lipinski definition) is 0. The SMILES string of the molecule is [NH-]CCC([NH-])=O.[NH-]CCC([NH-])=O.[Pd]. The van der Waals surface area contributed by atoms with Crippen molar-refractivity contribution in [1.82, 2.24) is 0 Å². The minimum absolute atomic E-state index is 0. The molecule has 0 saturated heterocycles. The van der Waals surface area contributed by atoms with Crippen molar-refractivity contribution < 1.29 is 30.0 Å². The summed E-state index contributed by atoms with van der Waals surface area (Å²) in [5, 5.41) is 0. The van der Waals surface area contributed by atoms with Gasteiger partial charge in [0.15, 0.2) is 0 Å². The van der Waals surface area contributed by atoms with E-state index in [1.165, 1.54) is 0 Å². The molecule has 4 N–H and O–H groups in total. The van der Waals surface area contributed by atoms with Crippen LogP contribution in [0.1, 0.15) is 12.8 Å². The van der Waals surface area contributed by atoms with Crippen molar-refractivity contribution in [3.8, 4) is 0 Å². The molecule has 0 aromatic carbocycles. The summed E-state index contributed by atoms with van der Waals surface area (Å²) in [5.74, 6) is -1.30. The average Bonchev–Trinajstić information content (AvgIpc) is 1.87. The van der Waals surface area contributed by atoms with E-state index >= 15 is 0 Å². The fourth-order valence-corrected chi connectivity index (χ4v) is 0.227. The number of carbonyl (C=O) groups excluding carboxylic acids is 2. The van der Waals surface area contributed by atoms with Crippen molar-refractivity contribution in [2.45, 2.75) is 12.8 Å². The predicted molar refractivity (Wildman–Crippen MR) is 46.3 cm³/mol. The van der Waals surface area contributed by atoms with Gasteiger partial charge in [0.2, 0.25) is 0 Å². The maximum absolute atomic E-state index is 9.59. The summed E-state index contributed by atoms with van der Waals surface area (Å²) in [7, 11) is 0. The van der Waals surface area contributed by atoms with Crippen LogP contribution in [0.3, 0.4) is 0 Å². The molecule has 0 spiro atoms. The van der Waals surface area contributed by atoms with Gasteiger partial charge in [-0.25, -0.2) is 0 Å². The summed E-state index contributed by atoms with van der Waals surface area (Å²) >= 11 is 0. The van der Waals surface area contributed by atoms with Crippen LogP contribution >= 0.6 is 0 Å². The van der Waals surface area contributed by atoms with Crippen LogP contribution in [0, 0.1) is 0 Å². The fourth-order valence-electron chi connectivity index (χ4n) is 0.227. The number of amides is 2. The van der Waals surface area contributed by atoms with Crippen molar-refractivity contribution in [2.24, 2.45) is 0 Å². The number of hydrogen-bond acceptors (Lipinski definition) is 2. The third-order valence-electron chi connectivity index (χ3n) is 0.704. The fraction of sp³-hybridized carbons (Fsp3) is 0.667. The molecule has 0 saturated carbocycles. The van der Waals surface area contributed by atoms with Crippen molar-refractivity contribution in [1.29, 1.82) is 0 Å². The van der Waals surface area contributed by atoms with E-state index in [2.05, 4.69) is 0 Å². The Labute approximate surface area is 91.0 Å². The molecule has 0 radical (unpaired) electrons. The summed E-state index contributed by atoms with van der Waals surface area (Å²) in [6, 6.07) is 0. The molecule has 0 bridgehead atoms. The Morgan fingerprint density at radius 3 is 1.08 bits per heavy atom. The van der Waals surface area contributed by atoms with Gasteiger partial charge in [-0.1, -0.05) is 0 Å². The van der Waals surface area contributed by atoms with E-state index in [1.807, 2.05) is 0 Å². The Kier molecular flexibility index (Phi) is 19.8. The van der Waals surface area contributed by atoms with Crippen molar-refractivity contribution >= 4 is 11.8 Å². The van der Waals surface area contributed by atoms with Crippen molar-refractivity contribution in [3.63, 3.8) is 0 Å². The first-order valence-corrected chi connectivity index (χ1v) is 3.32. The van der Waals surface area contributed by atoms with Gasteiger partial charge >= 0.3 is 0 Å². The molecule has 13 heavy (non-hydrogen) atoms. The molecule has 2 amide bonds. The first-order chi connectivity index (χ1) is 5.54. The van der Waals surface area contributed by atoms with E-state index in [-0.39, 0.29) is 46.4 Å². The Balaban J connectivity index is -0.000000143. The zero-order chi connectivity index (χ0) is 9.98. The molecule has 0 aromatic rings. The van der Waals surface area contributed by atoms with Crippen LogP contribution in [0.4, 0.5) is 0 Å². The second kappa shape index (κ2) is 14.1. The third-order valence-corrected chi connectivity index (χ3v) is 0.704. The molecule has 82 valence electrons. The average molecular weight is 279 g/mol. The normalized spacial score (nSPS) is 7.54. The van der Waals surface area contributed by atoms with Crippen LogP contribution < -0.4 is 0 Å². The zero-order valence-electron chi connectivity index (χ0n) is 6.96. The minimum atomic E-state index is -0.648. The second-order valence-electron chi connectivity index (χ2n) is 1.85. The Morgan fingerprint density at radius 2 is 1.08 bits per heavy atom. The number of rotatable bonds is 4. The minimum Gasteiger partial charge on any atom is -0.677 e. The van der Waals surface area contributed by atoms with Crippen LogP contribution in [0.2, 0.25) is 0 Å². The summed E-state index contributed by atoms with van der Waals surface area (Å²) in [6.07, 6.45) is 0.139. The molecule has 0 aliphatic carbocycles. The number of nitrogens with one attached hydrogen (secondary N) is 4. The Bertz CT molecular complexity index is 127.